The molecule has 1 aromatic rings. The number of hydrogen-bond acceptors (Lipinski definition) is 5. The third kappa shape index (κ3) is 2.49. The van der Waals surface area contributed by atoms with Crippen molar-refractivity contribution in [1.29, 1.82) is 0 Å². The van der Waals surface area contributed by atoms with Crippen molar-refractivity contribution >= 4 is 17.8 Å². The molecule has 0 bridgehead atoms. The average molecular weight is 281 g/mol. The van der Waals surface area contributed by atoms with E-state index in [1.54, 1.807) is 0 Å². The second kappa shape index (κ2) is 5.72. The molecule has 0 spiro atoms. The lowest BCUT2D eigenvalue weighted by Crippen LogP contribution is -2.48. The number of likely N-dealkylation sites (tertiary alicyclic amines) is 1. The Hall–Kier alpha value is -2.38. The van der Waals surface area contributed by atoms with Crippen LogP contribution >= 0.6 is 0 Å². The molecule has 1 aliphatic heterocycles. The van der Waals surface area contributed by atoms with Crippen LogP contribution in [0, 0.1) is 0 Å². The molecule has 1 unspecified atom stereocenters. The van der Waals surface area contributed by atoms with E-state index in [0.717, 1.165) is 19.2 Å². The van der Waals surface area contributed by atoms with Crippen molar-refractivity contribution in [3.63, 3.8) is 0 Å². The summed E-state index contributed by atoms with van der Waals surface area (Å²) in [6.45, 7) is 0.379. The molecule has 8 nitrogen and oxygen atoms in total. The zero-order chi connectivity index (χ0) is 14.7. The predicted molar refractivity (Wildman–Crippen MR) is 66.2 cm³/mol. The van der Waals surface area contributed by atoms with Crippen LogP contribution in [0.5, 0.6) is 0 Å². The highest BCUT2D eigenvalue weighted by Crippen LogP contribution is 2.21. The van der Waals surface area contributed by atoms with Gasteiger partial charge in [0.15, 0.2) is 11.4 Å². The van der Waals surface area contributed by atoms with Crippen LogP contribution in [0.15, 0.2) is 6.33 Å². The minimum absolute atomic E-state index is 0.187. The first-order valence-electron chi connectivity index (χ1n) is 6.21. The lowest BCUT2D eigenvalue weighted by Gasteiger charge is -2.33. The number of hydrogen-bond donors (Lipinski definition) is 2. The van der Waals surface area contributed by atoms with Crippen molar-refractivity contribution < 1.29 is 24.2 Å². The van der Waals surface area contributed by atoms with Crippen molar-refractivity contribution in [1.82, 2.24) is 14.9 Å². The fraction of sp³-hybridized carbons (Fsp3) is 0.500. The van der Waals surface area contributed by atoms with E-state index in [4.69, 9.17) is 5.11 Å². The van der Waals surface area contributed by atoms with E-state index in [9.17, 15) is 14.4 Å². The van der Waals surface area contributed by atoms with Gasteiger partial charge in [0.05, 0.1) is 13.4 Å². The lowest BCUT2D eigenvalue weighted by atomic mass is 10.0. The number of piperidine rings is 1. The van der Waals surface area contributed by atoms with Crippen LogP contribution in [0.25, 0.3) is 0 Å². The molecule has 1 amide bonds. The molecule has 2 heterocycles. The molecule has 1 aliphatic rings. The molecule has 1 atom stereocenters. The first-order chi connectivity index (χ1) is 9.56. The number of imidazole rings is 1. The number of amides is 1. The molecule has 2 N–H and O–H groups in total. The summed E-state index contributed by atoms with van der Waals surface area (Å²) >= 11 is 0. The zero-order valence-corrected chi connectivity index (χ0v) is 11.0. The van der Waals surface area contributed by atoms with Gasteiger partial charge >= 0.3 is 11.9 Å². The van der Waals surface area contributed by atoms with E-state index < -0.39 is 23.9 Å². The number of rotatable bonds is 3. The Balaban J connectivity index is 2.28. The number of carboxylic acid groups (broad SMARTS) is 1. The molecule has 1 aromatic heterocycles. The van der Waals surface area contributed by atoms with E-state index in [2.05, 4.69) is 14.7 Å². The first-order valence-corrected chi connectivity index (χ1v) is 6.21. The number of ether oxygens (including phenoxy) is 1. The van der Waals surface area contributed by atoms with Crippen LogP contribution in [-0.2, 0) is 9.53 Å². The highest BCUT2D eigenvalue weighted by molar-refractivity contribution is 6.03. The molecule has 0 radical (unpaired) electrons. The number of aromatic nitrogens is 2. The number of esters is 1. The monoisotopic (exact) mass is 281 g/mol. The summed E-state index contributed by atoms with van der Waals surface area (Å²) in [7, 11) is 1.26. The first kappa shape index (κ1) is 14.0. The van der Waals surface area contributed by atoms with Crippen LogP contribution in [0.1, 0.15) is 40.2 Å². The number of aromatic carboxylic acids is 1. The Bertz CT molecular complexity index is 539. The largest absolute Gasteiger partial charge is 0.477 e. The fourth-order valence-corrected chi connectivity index (χ4v) is 2.31. The van der Waals surface area contributed by atoms with E-state index in [0.29, 0.717) is 13.0 Å². The van der Waals surface area contributed by atoms with Gasteiger partial charge in [-0.25, -0.2) is 14.6 Å². The highest BCUT2D eigenvalue weighted by Gasteiger charge is 2.35. The van der Waals surface area contributed by atoms with Gasteiger partial charge in [-0.15, -0.1) is 0 Å². The summed E-state index contributed by atoms with van der Waals surface area (Å²) in [5.41, 5.74) is -0.461. The van der Waals surface area contributed by atoms with E-state index in [-0.39, 0.29) is 11.4 Å². The molecule has 0 aliphatic carbocycles. The van der Waals surface area contributed by atoms with E-state index >= 15 is 0 Å². The number of methoxy groups -OCH3 is 1. The van der Waals surface area contributed by atoms with Gasteiger partial charge in [-0.3, -0.25) is 4.79 Å². The minimum atomic E-state index is -1.27. The Labute approximate surface area is 114 Å². The number of carbonyl (C=O) groups excluding carboxylic acids is 2. The summed E-state index contributed by atoms with van der Waals surface area (Å²) in [6, 6.07) is -0.681. The minimum Gasteiger partial charge on any atom is -0.477 e. The highest BCUT2D eigenvalue weighted by atomic mass is 16.5. The Morgan fingerprint density at radius 1 is 1.45 bits per heavy atom. The third-order valence-electron chi connectivity index (χ3n) is 3.29. The van der Waals surface area contributed by atoms with Crippen LogP contribution in [0.2, 0.25) is 0 Å². The van der Waals surface area contributed by atoms with Crippen LogP contribution < -0.4 is 0 Å². The van der Waals surface area contributed by atoms with Crippen LogP contribution in [0.4, 0.5) is 0 Å². The number of aromatic amines is 1. The molecule has 8 heteroatoms. The third-order valence-corrected chi connectivity index (χ3v) is 3.29. The SMILES string of the molecule is COC(=O)C1CCCCN1C(=O)c1nc[nH]c1C(=O)O. The molecule has 0 aromatic carbocycles. The van der Waals surface area contributed by atoms with E-state index in [1.807, 2.05) is 0 Å². The summed E-state index contributed by atoms with van der Waals surface area (Å²) in [4.78, 5) is 42.6. The number of nitrogens with one attached hydrogen (secondary N) is 1. The van der Waals surface area contributed by atoms with Gasteiger partial charge in [-0.1, -0.05) is 0 Å². The van der Waals surface area contributed by atoms with Crippen LogP contribution in [0.3, 0.4) is 0 Å². The average Bonchev–Trinajstić information content (AvgIpc) is 2.95. The maximum absolute atomic E-state index is 12.4. The molecule has 0 saturated carbocycles. The second-order valence-electron chi connectivity index (χ2n) is 4.46. The molecule has 2 rings (SSSR count). The molecular formula is C12H15N3O5. The van der Waals surface area contributed by atoms with Crippen molar-refractivity contribution in [2.45, 2.75) is 25.3 Å². The van der Waals surface area contributed by atoms with Gasteiger partial charge in [0, 0.05) is 6.54 Å². The zero-order valence-electron chi connectivity index (χ0n) is 11.0. The summed E-state index contributed by atoms with van der Waals surface area (Å²) in [5, 5.41) is 8.99. The van der Waals surface area contributed by atoms with Gasteiger partial charge in [0.25, 0.3) is 5.91 Å². The number of H-pyrrole nitrogens is 1. The second-order valence-corrected chi connectivity index (χ2v) is 4.46. The van der Waals surface area contributed by atoms with Gasteiger partial charge in [0.1, 0.15) is 6.04 Å². The Morgan fingerprint density at radius 3 is 2.85 bits per heavy atom. The molecule has 1 fully saturated rings. The molecule has 20 heavy (non-hydrogen) atoms. The number of nitrogens with zero attached hydrogens (tertiary/aromatic N) is 2. The normalized spacial score (nSPS) is 18.6. The topological polar surface area (TPSA) is 113 Å². The van der Waals surface area contributed by atoms with Gasteiger partial charge < -0.3 is 19.7 Å². The van der Waals surface area contributed by atoms with Crippen molar-refractivity contribution in [3.8, 4) is 0 Å². The van der Waals surface area contributed by atoms with Gasteiger partial charge in [0.2, 0.25) is 0 Å². The maximum atomic E-state index is 12.4. The summed E-state index contributed by atoms with van der Waals surface area (Å²) in [6.07, 6.45) is 3.22. The van der Waals surface area contributed by atoms with Crippen LogP contribution in [-0.4, -0.2) is 57.5 Å². The molecule has 108 valence electrons. The van der Waals surface area contributed by atoms with E-state index in [1.165, 1.54) is 12.0 Å². The summed E-state index contributed by atoms with van der Waals surface area (Å²) < 4.78 is 4.69. The number of carboxylic acids is 1. The quantitative estimate of drug-likeness (QED) is 0.769. The Kier molecular flexibility index (Phi) is 4.02. The Morgan fingerprint density at radius 2 is 2.20 bits per heavy atom. The smallest absolute Gasteiger partial charge is 0.354 e. The van der Waals surface area contributed by atoms with Crippen molar-refractivity contribution in [3.05, 3.63) is 17.7 Å². The number of carbonyl (C=O) groups is 3. The van der Waals surface area contributed by atoms with Crippen molar-refractivity contribution in [2.24, 2.45) is 0 Å². The molecule has 1 saturated heterocycles. The standard InChI is InChI=1S/C12H15N3O5/c1-20-12(19)7-4-2-3-5-15(7)10(16)8-9(11(17)18)14-6-13-8/h6-7H,2-5H2,1H3,(H,13,14)(H,17,18). The lowest BCUT2D eigenvalue weighted by molar-refractivity contribution is -0.147. The van der Waals surface area contributed by atoms with Gasteiger partial charge in [-0.05, 0) is 19.3 Å². The predicted octanol–water partition coefficient (Wildman–Crippen LogP) is 0.276. The summed E-state index contributed by atoms with van der Waals surface area (Å²) in [5.74, 6) is -2.33. The van der Waals surface area contributed by atoms with Crippen molar-refractivity contribution in [2.75, 3.05) is 13.7 Å². The maximum Gasteiger partial charge on any atom is 0.354 e. The van der Waals surface area contributed by atoms with Gasteiger partial charge in [-0.2, -0.15) is 0 Å². The fourth-order valence-electron chi connectivity index (χ4n) is 2.31. The molecular weight excluding hydrogens is 266 g/mol.